The molecule has 0 bridgehead atoms. The number of rotatable bonds is 6. The lowest BCUT2D eigenvalue weighted by Gasteiger charge is -2.51. The van der Waals surface area contributed by atoms with Crippen molar-refractivity contribution in [1.82, 2.24) is 14.8 Å². The molecule has 2 amide bonds. The van der Waals surface area contributed by atoms with E-state index in [9.17, 15) is 22.8 Å². The van der Waals surface area contributed by atoms with Gasteiger partial charge in [-0.15, -0.1) is 0 Å². The highest BCUT2D eigenvalue weighted by molar-refractivity contribution is 6.02. The molecule has 1 aliphatic carbocycles. The van der Waals surface area contributed by atoms with Crippen molar-refractivity contribution in [2.45, 2.75) is 38.8 Å². The molecule has 5 rings (SSSR count). The maximum Gasteiger partial charge on any atom is 0.416 e. The summed E-state index contributed by atoms with van der Waals surface area (Å²) in [5.41, 5.74) is 8.85. The van der Waals surface area contributed by atoms with Crippen LogP contribution in [0.25, 0.3) is 22.2 Å². The number of fused-ring (bicyclic) bond motifs is 1. The first-order chi connectivity index (χ1) is 19.8. The van der Waals surface area contributed by atoms with Crippen LogP contribution in [0.15, 0.2) is 54.6 Å². The summed E-state index contributed by atoms with van der Waals surface area (Å²) in [6.07, 6.45) is -3.38. The van der Waals surface area contributed by atoms with E-state index < -0.39 is 17.8 Å². The molecule has 1 fully saturated rings. The van der Waals surface area contributed by atoms with Crippen LogP contribution in [0.1, 0.15) is 43.9 Å². The molecule has 1 saturated carbocycles. The maximum atomic E-state index is 13.0. The molecule has 2 aromatic heterocycles. The van der Waals surface area contributed by atoms with Crippen LogP contribution in [0.5, 0.6) is 0 Å². The summed E-state index contributed by atoms with van der Waals surface area (Å²) in [4.78, 5) is 29.3. The van der Waals surface area contributed by atoms with Crippen LogP contribution in [-0.4, -0.2) is 33.9 Å². The van der Waals surface area contributed by atoms with Crippen LogP contribution in [-0.2, 0) is 22.8 Å². The Labute approximate surface area is 240 Å². The number of anilines is 3. The van der Waals surface area contributed by atoms with Crippen molar-refractivity contribution in [2.24, 2.45) is 18.4 Å². The van der Waals surface area contributed by atoms with Gasteiger partial charge in [-0.1, -0.05) is 32.0 Å². The SMILES string of the molecule is COC(=O)C[C@@H]1C[C@H](c2cc(-c3ccc(NC(=O)Nc4cccc(C(F)(F)F)c4)cc3)c3c(N)nn(C)c3n2)C1(C)C. The zero-order valence-electron chi connectivity index (χ0n) is 23.5. The fourth-order valence-electron chi connectivity index (χ4n) is 5.65. The van der Waals surface area contributed by atoms with Crippen LogP contribution < -0.4 is 16.4 Å². The van der Waals surface area contributed by atoms with Gasteiger partial charge in [0.2, 0.25) is 0 Å². The summed E-state index contributed by atoms with van der Waals surface area (Å²) in [6, 6.07) is 12.8. The number of methoxy groups -OCH3 is 1. The number of nitrogens with two attached hydrogens (primary N) is 1. The number of hydrogen-bond donors (Lipinski definition) is 3. The minimum atomic E-state index is -4.51. The number of carbonyl (C=O) groups is 2. The number of benzene rings is 2. The van der Waals surface area contributed by atoms with Gasteiger partial charge in [0.1, 0.15) is 0 Å². The molecule has 1 aliphatic rings. The molecule has 2 aromatic carbocycles. The Morgan fingerprint density at radius 3 is 2.43 bits per heavy atom. The predicted molar refractivity (Wildman–Crippen MR) is 154 cm³/mol. The second kappa shape index (κ2) is 10.7. The van der Waals surface area contributed by atoms with E-state index in [0.29, 0.717) is 29.0 Å². The molecule has 4 N–H and O–H groups in total. The predicted octanol–water partition coefficient (Wildman–Crippen LogP) is 6.57. The molecule has 0 saturated heterocycles. The van der Waals surface area contributed by atoms with Crippen LogP contribution in [0, 0.1) is 11.3 Å². The normalized spacial score (nSPS) is 17.9. The van der Waals surface area contributed by atoms with Crippen molar-refractivity contribution in [1.29, 1.82) is 0 Å². The lowest BCUT2D eigenvalue weighted by Crippen LogP contribution is -2.44. The smallest absolute Gasteiger partial charge is 0.416 e. The quantitative estimate of drug-likeness (QED) is 0.222. The minimum Gasteiger partial charge on any atom is -0.469 e. The van der Waals surface area contributed by atoms with E-state index in [1.807, 2.05) is 18.2 Å². The van der Waals surface area contributed by atoms with E-state index in [-0.39, 0.29) is 28.9 Å². The topological polar surface area (TPSA) is 124 Å². The average Bonchev–Trinajstić information content (AvgIpc) is 3.23. The summed E-state index contributed by atoms with van der Waals surface area (Å²) >= 11 is 0. The van der Waals surface area contributed by atoms with Gasteiger partial charge in [-0.25, -0.2) is 14.5 Å². The van der Waals surface area contributed by atoms with Crippen molar-refractivity contribution < 1.29 is 27.5 Å². The van der Waals surface area contributed by atoms with E-state index in [1.54, 1.807) is 23.9 Å². The minimum absolute atomic E-state index is 0.0189. The summed E-state index contributed by atoms with van der Waals surface area (Å²) < 4.78 is 45.5. The molecule has 4 aromatic rings. The van der Waals surface area contributed by atoms with E-state index in [0.717, 1.165) is 35.4 Å². The molecular weight excluding hydrogens is 549 g/mol. The standard InChI is InChI=1S/C30H31F3N6O3/c1-29(2)18(14-24(40)42-4)13-22(29)23-15-21(25-26(34)38-39(3)27(25)37-23)16-8-10-19(11-9-16)35-28(41)36-20-7-5-6-17(12-20)30(31,32)33/h5-12,15,18,22H,13-14H2,1-4H3,(H2,34,38)(H2,35,36,41)/t18-,22+/m0/s1. The molecule has 2 heterocycles. The first-order valence-electron chi connectivity index (χ1n) is 13.3. The van der Waals surface area contributed by atoms with E-state index in [1.165, 1.54) is 19.2 Å². The van der Waals surface area contributed by atoms with Gasteiger partial charge in [-0.3, -0.25) is 4.79 Å². The number of pyridine rings is 1. The number of alkyl halides is 3. The summed E-state index contributed by atoms with van der Waals surface area (Å²) in [7, 11) is 3.17. The number of carbonyl (C=O) groups excluding carboxylic acids is 2. The van der Waals surface area contributed by atoms with Gasteiger partial charge in [0.05, 0.1) is 18.1 Å². The molecule has 42 heavy (non-hydrogen) atoms. The molecule has 220 valence electrons. The number of ether oxygens (including phenoxy) is 1. The fraction of sp³-hybridized carbons (Fsp3) is 0.333. The van der Waals surface area contributed by atoms with Crippen molar-refractivity contribution in [3.8, 4) is 11.1 Å². The molecule has 0 unspecified atom stereocenters. The van der Waals surface area contributed by atoms with E-state index in [2.05, 4.69) is 29.6 Å². The fourth-order valence-corrected chi connectivity index (χ4v) is 5.65. The van der Waals surface area contributed by atoms with Crippen molar-refractivity contribution in [3.05, 3.63) is 65.9 Å². The van der Waals surface area contributed by atoms with Gasteiger partial charge in [0.25, 0.3) is 0 Å². The highest BCUT2D eigenvalue weighted by Crippen LogP contribution is 2.58. The Bertz CT molecular complexity index is 1660. The number of aromatic nitrogens is 3. The van der Waals surface area contributed by atoms with Gasteiger partial charge < -0.3 is 21.1 Å². The molecule has 0 spiro atoms. The van der Waals surface area contributed by atoms with Crippen molar-refractivity contribution >= 4 is 40.2 Å². The summed E-state index contributed by atoms with van der Waals surface area (Å²) in [6.45, 7) is 4.26. The van der Waals surface area contributed by atoms with Crippen LogP contribution in [0.2, 0.25) is 0 Å². The number of nitrogens with one attached hydrogen (secondary N) is 2. The molecule has 9 nitrogen and oxygen atoms in total. The third-order valence-electron chi connectivity index (χ3n) is 8.21. The highest BCUT2D eigenvalue weighted by atomic mass is 19.4. The Kier molecular flexibility index (Phi) is 7.33. The first kappa shape index (κ1) is 28.9. The first-order valence-corrected chi connectivity index (χ1v) is 13.3. The molecule has 2 atom stereocenters. The van der Waals surface area contributed by atoms with Crippen LogP contribution in [0.4, 0.5) is 35.2 Å². The number of esters is 1. The van der Waals surface area contributed by atoms with Crippen molar-refractivity contribution in [3.63, 3.8) is 0 Å². The third-order valence-corrected chi connectivity index (χ3v) is 8.21. The number of amides is 2. The van der Waals surface area contributed by atoms with Gasteiger partial charge in [-0.2, -0.15) is 18.3 Å². The lowest BCUT2D eigenvalue weighted by molar-refractivity contribution is -0.145. The molecule has 12 heteroatoms. The Balaban J connectivity index is 1.39. The Morgan fingerprint density at radius 2 is 1.79 bits per heavy atom. The Hall–Kier alpha value is -4.61. The largest absolute Gasteiger partial charge is 0.469 e. The van der Waals surface area contributed by atoms with Gasteiger partial charge >= 0.3 is 18.2 Å². The number of aryl methyl sites for hydroxylation is 1. The summed E-state index contributed by atoms with van der Waals surface area (Å²) in [5.74, 6) is 0.375. The highest BCUT2D eigenvalue weighted by Gasteiger charge is 2.50. The monoisotopic (exact) mass is 580 g/mol. The van der Waals surface area contributed by atoms with Gasteiger partial charge in [0.15, 0.2) is 11.5 Å². The van der Waals surface area contributed by atoms with Crippen LogP contribution in [0.3, 0.4) is 0 Å². The molecular formula is C30H31F3N6O3. The number of halogens is 3. The number of hydrogen-bond acceptors (Lipinski definition) is 6. The van der Waals surface area contributed by atoms with Gasteiger partial charge in [-0.05, 0) is 65.3 Å². The summed E-state index contributed by atoms with van der Waals surface area (Å²) in [5, 5.41) is 10.1. The maximum absolute atomic E-state index is 13.0. The number of urea groups is 1. The zero-order chi connectivity index (χ0) is 30.4. The van der Waals surface area contributed by atoms with Gasteiger partial charge in [0, 0.05) is 36.5 Å². The lowest BCUT2D eigenvalue weighted by atomic mass is 9.53. The molecule has 0 radical (unpaired) electrons. The number of nitrogen functional groups attached to an aromatic ring is 1. The molecule has 0 aliphatic heterocycles. The zero-order valence-corrected chi connectivity index (χ0v) is 23.5. The average molecular weight is 581 g/mol. The Morgan fingerprint density at radius 1 is 1.10 bits per heavy atom. The third kappa shape index (κ3) is 5.48. The van der Waals surface area contributed by atoms with Crippen LogP contribution >= 0.6 is 0 Å². The van der Waals surface area contributed by atoms with E-state index >= 15 is 0 Å². The second-order valence-electron chi connectivity index (χ2n) is 11.1. The second-order valence-corrected chi connectivity index (χ2v) is 11.1. The van der Waals surface area contributed by atoms with E-state index in [4.69, 9.17) is 15.5 Å². The number of nitrogens with zero attached hydrogens (tertiary/aromatic N) is 3. The van der Waals surface area contributed by atoms with Crippen molar-refractivity contribution in [2.75, 3.05) is 23.5 Å².